The molecule has 1 unspecified atom stereocenters. The molecule has 1 aliphatic rings. The van der Waals surface area contributed by atoms with Gasteiger partial charge in [0.1, 0.15) is 0 Å². The Kier molecular flexibility index (Phi) is 3.29. The van der Waals surface area contributed by atoms with E-state index in [9.17, 15) is 0 Å². The van der Waals surface area contributed by atoms with Crippen LogP contribution in [0.2, 0.25) is 0 Å². The summed E-state index contributed by atoms with van der Waals surface area (Å²) in [5.41, 5.74) is 0. The number of hydrogen-bond acceptors (Lipinski definition) is 1. The van der Waals surface area contributed by atoms with Crippen LogP contribution in [0, 0.1) is 0 Å². The minimum Gasteiger partial charge on any atom is -0.149 e. The summed E-state index contributed by atoms with van der Waals surface area (Å²) in [7, 11) is 0. The third kappa shape index (κ3) is 1.93. The van der Waals surface area contributed by atoms with Gasteiger partial charge in [0.15, 0.2) is 0 Å². The molecule has 0 bridgehead atoms. The van der Waals surface area contributed by atoms with E-state index in [1.54, 1.807) is 0 Å². The molecule has 0 radical (unpaired) electrons. The molecule has 0 N–H and O–H groups in total. The molecule has 0 aromatic carbocycles. The van der Waals surface area contributed by atoms with Crippen LogP contribution < -0.4 is 0 Å². The van der Waals surface area contributed by atoms with Crippen LogP contribution >= 0.6 is 11.8 Å². The molecule has 1 saturated heterocycles. The zero-order valence-electron chi connectivity index (χ0n) is 8.02. The largest absolute Gasteiger partial charge is 0.149 e. The fourth-order valence-electron chi connectivity index (χ4n) is 2.12. The number of rotatable bonds is 5. The number of thioether (sulfide) groups is 1. The van der Waals surface area contributed by atoms with Gasteiger partial charge in [0.25, 0.3) is 0 Å². The van der Waals surface area contributed by atoms with E-state index in [0.717, 1.165) is 10.00 Å². The Morgan fingerprint density at radius 3 is 1.91 bits per heavy atom. The van der Waals surface area contributed by atoms with Gasteiger partial charge in [-0.2, -0.15) is 0 Å². The molecule has 1 rings (SSSR count). The van der Waals surface area contributed by atoms with E-state index in [4.69, 9.17) is 0 Å². The maximum absolute atomic E-state index is 2.32. The first-order valence-corrected chi connectivity index (χ1v) is 5.84. The van der Waals surface area contributed by atoms with Gasteiger partial charge in [-0.05, 0) is 19.3 Å². The van der Waals surface area contributed by atoms with E-state index in [1.165, 1.54) is 32.1 Å². The molecule has 1 fully saturated rings. The molecular weight excluding hydrogens is 152 g/mol. The van der Waals surface area contributed by atoms with E-state index in [-0.39, 0.29) is 0 Å². The molecule has 0 spiro atoms. The summed E-state index contributed by atoms with van der Waals surface area (Å²) in [5.74, 6) is 0. The monoisotopic (exact) mass is 172 g/mol. The van der Waals surface area contributed by atoms with Gasteiger partial charge >= 0.3 is 0 Å². The zero-order valence-corrected chi connectivity index (χ0v) is 8.84. The van der Waals surface area contributed by atoms with Crippen LogP contribution in [-0.2, 0) is 0 Å². The van der Waals surface area contributed by atoms with E-state index in [1.807, 2.05) is 0 Å². The molecule has 1 heteroatoms. The molecule has 1 heterocycles. The van der Waals surface area contributed by atoms with Crippen LogP contribution in [0.5, 0.6) is 0 Å². The van der Waals surface area contributed by atoms with Crippen molar-refractivity contribution in [2.45, 2.75) is 62.9 Å². The molecule has 0 aliphatic carbocycles. The van der Waals surface area contributed by atoms with Gasteiger partial charge in [-0.1, -0.05) is 33.6 Å². The summed E-state index contributed by atoms with van der Waals surface area (Å²) in [6.45, 7) is 6.94. The smallest absolute Gasteiger partial charge is 0.0281 e. The number of hydrogen-bond donors (Lipinski definition) is 0. The van der Waals surface area contributed by atoms with Crippen LogP contribution in [0.15, 0.2) is 0 Å². The first-order valence-electron chi connectivity index (χ1n) is 4.97. The second-order valence-corrected chi connectivity index (χ2v) is 5.20. The summed E-state index contributed by atoms with van der Waals surface area (Å²) >= 11 is 2.23. The molecule has 0 aromatic rings. The van der Waals surface area contributed by atoms with Crippen molar-refractivity contribution in [3.05, 3.63) is 0 Å². The van der Waals surface area contributed by atoms with Crippen molar-refractivity contribution in [1.29, 1.82) is 0 Å². The lowest BCUT2D eigenvalue weighted by molar-refractivity contribution is 0.524. The highest BCUT2D eigenvalue weighted by Gasteiger charge is 2.51. The fraction of sp³-hybridized carbons (Fsp3) is 1.00. The van der Waals surface area contributed by atoms with E-state index < -0.39 is 0 Å². The van der Waals surface area contributed by atoms with Gasteiger partial charge in [0.2, 0.25) is 0 Å². The van der Waals surface area contributed by atoms with Crippen molar-refractivity contribution in [2.24, 2.45) is 0 Å². The molecule has 0 aromatic heterocycles. The lowest BCUT2D eigenvalue weighted by Gasteiger charge is -2.11. The average molecular weight is 172 g/mol. The van der Waals surface area contributed by atoms with Gasteiger partial charge in [-0.25, -0.2) is 0 Å². The standard InChI is InChI=1S/C10H20S/c1-4-7-10(8-5-2)9(6-3)11-10/h9H,4-8H2,1-3H3. The lowest BCUT2D eigenvalue weighted by atomic mass is 9.94. The van der Waals surface area contributed by atoms with Crippen molar-refractivity contribution in [2.75, 3.05) is 0 Å². The Morgan fingerprint density at radius 2 is 1.64 bits per heavy atom. The van der Waals surface area contributed by atoms with Gasteiger partial charge in [0.05, 0.1) is 0 Å². The van der Waals surface area contributed by atoms with Crippen LogP contribution in [0.1, 0.15) is 52.9 Å². The van der Waals surface area contributed by atoms with Crippen LogP contribution in [0.4, 0.5) is 0 Å². The van der Waals surface area contributed by atoms with Crippen LogP contribution in [-0.4, -0.2) is 10.00 Å². The first-order chi connectivity index (χ1) is 5.29. The van der Waals surface area contributed by atoms with Gasteiger partial charge in [0, 0.05) is 10.00 Å². The first kappa shape index (κ1) is 9.44. The van der Waals surface area contributed by atoms with Crippen LogP contribution in [0.25, 0.3) is 0 Å². The highest BCUT2D eigenvalue weighted by molar-refractivity contribution is 8.08. The summed E-state index contributed by atoms with van der Waals surface area (Å²) in [4.78, 5) is 0. The van der Waals surface area contributed by atoms with E-state index >= 15 is 0 Å². The molecule has 0 nitrogen and oxygen atoms in total. The molecular formula is C10H20S. The Balaban J connectivity index is 2.35. The topological polar surface area (TPSA) is 0 Å². The summed E-state index contributed by atoms with van der Waals surface area (Å²) in [6, 6.07) is 0. The highest BCUT2D eigenvalue weighted by Crippen LogP contribution is 2.60. The second-order valence-electron chi connectivity index (χ2n) is 3.58. The maximum Gasteiger partial charge on any atom is 0.0281 e. The summed E-state index contributed by atoms with van der Waals surface area (Å²) < 4.78 is 0.734. The van der Waals surface area contributed by atoms with Gasteiger partial charge < -0.3 is 0 Å². The Labute approximate surface area is 75.1 Å². The minimum absolute atomic E-state index is 0.734. The fourth-order valence-corrected chi connectivity index (χ4v) is 3.83. The SMILES string of the molecule is CCCC1(CCC)SC1CC. The maximum atomic E-state index is 2.32. The van der Waals surface area contributed by atoms with Gasteiger partial charge in [-0.3, -0.25) is 0 Å². The molecule has 1 atom stereocenters. The van der Waals surface area contributed by atoms with E-state index in [2.05, 4.69) is 32.5 Å². The predicted molar refractivity (Wildman–Crippen MR) is 54.2 cm³/mol. The third-order valence-electron chi connectivity index (χ3n) is 2.62. The summed E-state index contributed by atoms with van der Waals surface area (Å²) in [6.07, 6.45) is 7.01. The molecule has 66 valence electrons. The quantitative estimate of drug-likeness (QED) is 0.568. The Morgan fingerprint density at radius 1 is 1.09 bits per heavy atom. The molecule has 0 saturated carbocycles. The van der Waals surface area contributed by atoms with Crippen molar-refractivity contribution >= 4 is 11.8 Å². The second kappa shape index (κ2) is 3.84. The Bertz CT molecular complexity index is 114. The Hall–Kier alpha value is 0.350. The molecule has 0 amide bonds. The van der Waals surface area contributed by atoms with Crippen LogP contribution in [0.3, 0.4) is 0 Å². The molecule has 1 aliphatic heterocycles. The molecule has 11 heavy (non-hydrogen) atoms. The normalized spacial score (nSPS) is 27.0. The van der Waals surface area contributed by atoms with Crippen molar-refractivity contribution in [3.8, 4) is 0 Å². The minimum atomic E-state index is 0.734. The van der Waals surface area contributed by atoms with Gasteiger partial charge in [-0.15, -0.1) is 11.8 Å². The summed E-state index contributed by atoms with van der Waals surface area (Å²) in [5, 5.41) is 1.00. The lowest BCUT2D eigenvalue weighted by Crippen LogP contribution is -2.13. The van der Waals surface area contributed by atoms with Crippen molar-refractivity contribution in [1.82, 2.24) is 0 Å². The highest BCUT2D eigenvalue weighted by atomic mass is 32.2. The van der Waals surface area contributed by atoms with Crippen molar-refractivity contribution < 1.29 is 0 Å². The van der Waals surface area contributed by atoms with Crippen molar-refractivity contribution in [3.63, 3.8) is 0 Å². The average Bonchev–Trinajstić information content (AvgIpc) is 2.65. The zero-order chi connectivity index (χ0) is 8.32. The third-order valence-corrected chi connectivity index (χ3v) is 4.60. The van der Waals surface area contributed by atoms with E-state index in [0.29, 0.717) is 0 Å². The predicted octanol–water partition coefficient (Wildman–Crippen LogP) is 3.85.